The van der Waals surface area contributed by atoms with E-state index in [4.69, 9.17) is 5.11 Å². The molecule has 2 N–H and O–H groups in total. The number of aliphatic hydroxyl groups is 1. The number of rotatable bonds is 5. The van der Waals surface area contributed by atoms with Crippen molar-refractivity contribution in [3.05, 3.63) is 12.7 Å². The van der Waals surface area contributed by atoms with Crippen LogP contribution in [0.25, 0.3) is 0 Å². The number of aliphatic hydroxyl groups excluding tert-OH is 1. The summed E-state index contributed by atoms with van der Waals surface area (Å²) in [7, 11) is 0. The Labute approximate surface area is 88.9 Å². The molecule has 0 saturated carbocycles. The molecule has 84 valence electrons. The number of amidine groups is 1. The molecule has 0 fully saturated rings. The van der Waals surface area contributed by atoms with Gasteiger partial charge < -0.3 is 10.2 Å². The minimum Gasteiger partial charge on any atom is -0.481 e. The highest BCUT2D eigenvalue weighted by molar-refractivity contribution is 5.94. The van der Waals surface area contributed by atoms with Crippen LogP contribution in [0.3, 0.4) is 0 Å². The second-order valence-corrected chi connectivity index (χ2v) is 3.55. The summed E-state index contributed by atoms with van der Waals surface area (Å²) in [5.74, 6) is -0.219. The molecular weight excluding hydrogens is 196 g/mol. The molecule has 0 bridgehead atoms. The Morgan fingerprint density at radius 2 is 2.47 bits per heavy atom. The van der Waals surface area contributed by atoms with Crippen LogP contribution in [0.1, 0.15) is 13.3 Å². The second kappa shape index (κ2) is 4.93. The molecule has 1 rings (SSSR count). The Morgan fingerprint density at radius 3 is 2.93 bits per heavy atom. The van der Waals surface area contributed by atoms with Crippen molar-refractivity contribution in [2.75, 3.05) is 19.6 Å². The first-order valence-corrected chi connectivity index (χ1v) is 4.94. The summed E-state index contributed by atoms with van der Waals surface area (Å²) in [6, 6.07) is 0. The summed E-state index contributed by atoms with van der Waals surface area (Å²) < 4.78 is 1.92. The standard InChI is InChI=1S/C10H16N2O3/c1-3-4-11-5-6-12(8(2)13)9(11)7-10(14)15/h3,8,13H,1,4-7H2,2H3/p+1. The van der Waals surface area contributed by atoms with Crippen LogP contribution in [0.2, 0.25) is 0 Å². The first kappa shape index (κ1) is 11.7. The van der Waals surface area contributed by atoms with Gasteiger partial charge >= 0.3 is 5.97 Å². The summed E-state index contributed by atoms with van der Waals surface area (Å²) in [5.41, 5.74) is 0. The number of hydrogen-bond acceptors (Lipinski definition) is 3. The molecule has 0 aromatic heterocycles. The van der Waals surface area contributed by atoms with Crippen LogP contribution in [0.15, 0.2) is 12.7 Å². The highest BCUT2D eigenvalue weighted by Crippen LogP contribution is 2.08. The minimum atomic E-state index is -0.883. The van der Waals surface area contributed by atoms with Gasteiger partial charge in [0.05, 0.1) is 0 Å². The molecule has 1 aliphatic rings. The molecule has 1 unspecified atom stereocenters. The molecule has 1 aliphatic heterocycles. The first-order valence-electron chi connectivity index (χ1n) is 4.94. The van der Waals surface area contributed by atoms with Gasteiger partial charge in [-0.1, -0.05) is 12.7 Å². The van der Waals surface area contributed by atoms with Crippen LogP contribution < -0.4 is 0 Å². The second-order valence-electron chi connectivity index (χ2n) is 3.55. The largest absolute Gasteiger partial charge is 0.481 e. The number of hydrogen-bond donors (Lipinski definition) is 2. The zero-order valence-electron chi connectivity index (χ0n) is 8.89. The van der Waals surface area contributed by atoms with E-state index in [2.05, 4.69) is 6.58 Å². The van der Waals surface area contributed by atoms with Gasteiger partial charge in [0.2, 0.25) is 0 Å². The van der Waals surface area contributed by atoms with Gasteiger partial charge in [-0.15, -0.1) is 0 Å². The molecule has 1 heterocycles. The number of aliphatic carboxylic acids is 1. The van der Waals surface area contributed by atoms with E-state index in [1.807, 2.05) is 4.58 Å². The van der Waals surface area contributed by atoms with Crippen LogP contribution in [0, 0.1) is 0 Å². The van der Waals surface area contributed by atoms with Gasteiger partial charge in [-0.25, -0.2) is 4.90 Å². The molecule has 0 radical (unpaired) electrons. The monoisotopic (exact) mass is 213 g/mol. The zero-order valence-corrected chi connectivity index (χ0v) is 8.89. The predicted molar refractivity (Wildman–Crippen MR) is 55.8 cm³/mol. The molecule has 0 aromatic carbocycles. The molecule has 0 aliphatic carbocycles. The third kappa shape index (κ3) is 2.79. The van der Waals surface area contributed by atoms with Gasteiger partial charge in [-0.2, -0.15) is 0 Å². The van der Waals surface area contributed by atoms with Crippen molar-refractivity contribution in [3.63, 3.8) is 0 Å². The molecule has 5 nitrogen and oxygen atoms in total. The summed E-state index contributed by atoms with van der Waals surface area (Å²) in [5, 5.41) is 18.3. The lowest BCUT2D eigenvalue weighted by Crippen LogP contribution is -2.38. The highest BCUT2D eigenvalue weighted by atomic mass is 16.4. The summed E-state index contributed by atoms with van der Waals surface area (Å²) >= 11 is 0. The van der Waals surface area contributed by atoms with Crippen LogP contribution in [-0.4, -0.2) is 57.4 Å². The lowest BCUT2D eigenvalue weighted by Gasteiger charge is -2.14. The maximum absolute atomic E-state index is 10.7. The fourth-order valence-electron chi connectivity index (χ4n) is 1.77. The van der Waals surface area contributed by atoms with E-state index in [1.165, 1.54) is 0 Å². The van der Waals surface area contributed by atoms with Crippen molar-refractivity contribution in [2.24, 2.45) is 0 Å². The van der Waals surface area contributed by atoms with Crippen LogP contribution in [-0.2, 0) is 4.79 Å². The van der Waals surface area contributed by atoms with Crippen LogP contribution in [0.4, 0.5) is 0 Å². The number of carbonyl (C=O) groups is 1. The lowest BCUT2D eigenvalue weighted by molar-refractivity contribution is -0.508. The molecule has 1 atom stereocenters. The summed E-state index contributed by atoms with van der Waals surface area (Å²) in [6.45, 7) is 7.28. The van der Waals surface area contributed by atoms with Gasteiger partial charge in [0.1, 0.15) is 26.1 Å². The number of nitrogens with zero attached hydrogens (tertiary/aromatic N) is 2. The summed E-state index contributed by atoms with van der Waals surface area (Å²) in [4.78, 5) is 12.4. The van der Waals surface area contributed by atoms with Gasteiger partial charge in [-0.05, 0) is 0 Å². The average molecular weight is 213 g/mol. The number of carboxylic acid groups (broad SMARTS) is 1. The average Bonchev–Trinajstić information content (AvgIpc) is 2.48. The van der Waals surface area contributed by atoms with Crippen molar-refractivity contribution < 1.29 is 19.6 Å². The normalized spacial score (nSPS) is 18.1. The third-order valence-electron chi connectivity index (χ3n) is 2.42. The topological polar surface area (TPSA) is 63.8 Å². The summed E-state index contributed by atoms with van der Waals surface area (Å²) in [6.07, 6.45) is 1.03. The van der Waals surface area contributed by atoms with E-state index in [-0.39, 0.29) is 6.42 Å². The number of carboxylic acids is 1. The van der Waals surface area contributed by atoms with E-state index in [0.29, 0.717) is 18.9 Å². The fraction of sp³-hybridized carbons (Fsp3) is 0.600. The minimum absolute atomic E-state index is 0.0568. The smallest absolute Gasteiger partial charge is 0.315 e. The van der Waals surface area contributed by atoms with E-state index in [9.17, 15) is 9.90 Å². The predicted octanol–water partition coefficient (Wildman–Crippen LogP) is -0.288. The Balaban J connectivity index is 2.87. The molecule has 5 heteroatoms. The Bertz CT molecular complexity index is 297. The van der Waals surface area contributed by atoms with E-state index in [1.54, 1.807) is 17.9 Å². The van der Waals surface area contributed by atoms with Crippen molar-refractivity contribution >= 4 is 11.8 Å². The Hall–Kier alpha value is -1.36. The van der Waals surface area contributed by atoms with Gasteiger partial charge in [-0.3, -0.25) is 9.37 Å². The van der Waals surface area contributed by atoms with Crippen molar-refractivity contribution in [1.29, 1.82) is 0 Å². The maximum Gasteiger partial charge on any atom is 0.315 e. The molecule has 0 spiro atoms. The van der Waals surface area contributed by atoms with Gasteiger partial charge in [0.15, 0.2) is 6.23 Å². The van der Waals surface area contributed by atoms with Gasteiger partial charge in [0, 0.05) is 6.92 Å². The van der Waals surface area contributed by atoms with E-state index < -0.39 is 12.2 Å². The first-order chi connectivity index (χ1) is 7.06. The SMILES string of the molecule is C=CC[N+]1=C(CC(=O)O)N(C(C)O)CC1. The highest BCUT2D eigenvalue weighted by Gasteiger charge is 2.34. The van der Waals surface area contributed by atoms with E-state index >= 15 is 0 Å². The Morgan fingerprint density at radius 1 is 1.80 bits per heavy atom. The van der Waals surface area contributed by atoms with Crippen molar-refractivity contribution in [2.45, 2.75) is 19.6 Å². The molecule has 0 saturated heterocycles. The van der Waals surface area contributed by atoms with Crippen LogP contribution >= 0.6 is 0 Å². The quantitative estimate of drug-likeness (QED) is 0.486. The fourth-order valence-corrected chi connectivity index (χ4v) is 1.77. The molecular formula is C10H17N2O3+. The molecule has 0 amide bonds. The lowest BCUT2D eigenvalue weighted by atomic mass is 10.3. The third-order valence-corrected chi connectivity index (χ3v) is 2.42. The van der Waals surface area contributed by atoms with E-state index in [0.717, 1.165) is 6.54 Å². The van der Waals surface area contributed by atoms with Crippen LogP contribution in [0.5, 0.6) is 0 Å². The van der Waals surface area contributed by atoms with Crippen molar-refractivity contribution in [3.8, 4) is 0 Å². The van der Waals surface area contributed by atoms with Gasteiger partial charge in [0.25, 0.3) is 5.84 Å². The molecule has 15 heavy (non-hydrogen) atoms. The molecule has 0 aromatic rings. The zero-order chi connectivity index (χ0) is 11.4. The maximum atomic E-state index is 10.7. The van der Waals surface area contributed by atoms with Crippen molar-refractivity contribution in [1.82, 2.24) is 4.90 Å². The Kier molecular flexibility index (Phi) is 3.85.